The molecule has 0 unspecified atom stereocenters. The summed E-state index contributed by atoms with van der Waals surface area (Å²) in [5.74, 6) is 0.766. The zero-order valence-corrected chi connectivity index (χ0v) is 15.6. The van der Waals surface area contributed by atoms with Crippen molar-refractivity contribution in [1.82, 2.24) is 0 Å². The highest BCUT2D eigenvalue weighted by atomic mass is 16.6. The van der Waals surface area contributed by atoms with Crippen molar-refractivity contribution in [3.63, 3.8) is 0 Å². The van der Waals surface area contributed by atoms with E-state index in [-0.39, 0.29) is 24.6 Å². The first-order chi connectivity index (χ1) is 14.5. The quantitative estimate of drug-likeness (QED) is 0.291. The molecule has 0 aliphatic carbocycles. The van der Waals surface area contributed by atoms with E-state index in [1.807, 2.05) is 0 Å². The lowest BCUT2D eigenvalue weighted by molar-refractivity contribution is -0.385. The number of nitro groups is 2. The molecule has 9 nitrogen and oxygen atoms in total. The molecule has 3 aromatic rings. The molecule has 0 aromatic heterocycles. The number of hydrogen-bond donors (Lipinski definition) is 0. The van der Waals surface area contributed by atoms with E-state index in [1.165, 1.54) is 24.3 Å². The number of carbonyl (C=O) groups excluding carboxylic acids is 1. The fourth-order valence-corrected chi connectivity index (χ4v) is 2.58. The lowest BCUT2D eigenvalue weighted by Crippen LogP contribution is -2.01. The van der Waals surface area contributed by atoms with Crippen LogP contribution in [0.5, 0.6) is 11.5 Å². The summed E-state index contributed by atoms with van der Waals surface area (Å²) in [6.07, 6.45) is 0.658. The van der Waals surface area contributed by atoms with Crippen molar-refractivity contribution in [2.75, 3.05) is 0 Å². The van der Waals surface area contributed by atoms with E-state index in [0.717, 1.165) is 5.56 Å². The van der Waals surface area contributed by atoms with E-state index in [4.69, 9.17) is 9.47 Å². The largest absolute Gasteiger partial charge is 0.489 e. The highest BCUT2D eigenvalue weighted by Gasteiger charge is 2.09. The van der Waals surface area contributed by atoms with Crippen LogP contribution in [0.4, 0.5) is 11.4 Å². The Morgan fingerprint density at radius 1 is 0.733 bits per heavy atom. The van der Waals surface area contributed by atoms with E-state index < -0.39 is 9.85 Å². The molecular weight excluding hydrogens is 392 g/mol. The summed E-state index contributed by atoms with van der Waals surface area (Å²) in [5.41, 5.74) is 1.76. The van der Waals surface area contributed by atoms with Crippen LogP contribution in [0, 0.1) is 20.2 Å². The number of nitrogens with zero attached hydrogens (tertiary/aromatic N) is 2. The van der Waals surface area contributed by atoms with Gasteiger partial charge in [0.25, 0.3) is 11.4 Å². The van der Waals surface area contributed by atoms with Crippen LogP contribution in [0.2, 0.25) is 0 Å². The number of benzene rings is 3. The van der Waals surface area contributed by atoms with E-state index in [1.54, 1.807) is 42.5 Å². The highest BCUT2D eigenvalue weighted by Crippen LogP contribution is 2.26. The average Bonchev–Trinajstić information content (AvgIpc) is 2.76. The molecule has 0 bridgehead atoms. The fourth-order valence-electron chi connectivity index (χ4n) is 2.58. The Bertz CT molecular complexity index is 1060. The average molecular weight is 408 g/mol. The normalized spacial score (nSPS) is 10.3. The van der Waals surface area contributed by atoms with Gasteiger partial charge in [0, 0.05) is 30.3 Å². The fraction of sp³-hybridized carbons (Fsp3) is 0.0952. The van der Waals surface area contributed by atoms with Crippen molar-refractivity contribution < 1.29 is 24.1 Å². The molecule has 0 N–H and O–H groups in total. The van der Waals surface area contributed by atoms with E-state index in [0.29, 0.717) is 28.9 Å². The van der Waals surface area contributed by atoms with E-state index >= 15 is 0 Å². The van der Waals surface area contributed by atoms with Crippen molar-refractivity contribution in [2.45, 2.75) is 13.2 Å². The molecule has 3 aromatic carbocycles. The van der Waals surface area contributed by atoms with Gasteiger partial charge in [-0.15, -0.1) is 0 Å². The summed E-state index contributed by atoms with van der Waals surface area (Å²) in [6.45, 7) is 0.296. The Morgan fingerprint density at radius 3 is 1.70 bits per heavy atom. The smallest absolute Gasteiger partial charge is 0.269 e. The van der Waals surface area contributed by atoms with Crippen LogP contribution in [0.25, 0.3) is 0 Å². The van der Waals surface area contributed by atoms with Crippen LogP contribution in [-0.2, 0) is 13.2 Å². The molecule has 0 aliphatic rings. The SMILES string of the molecule is O=Cc1ccc(OCc2ccc([N+](=O)[O-])cc2)cc1OCc1ccc([N+](=O)[O-])cc1. The molecule has 0 radical (unpaired) electrons. The number of carbonyl (C=O) groups is 1. The zero-order chi connectivity index (χ0) is 21.5. The number of rotatable bonds is 9. The Kier molecular flexibility index (Phi) is 6.33. The van der Waals surface area contributed by atoms with Gasteiger partial charge in [-0.3, -0.25) is 25.0 Å². The van der Waals surface area contributed by atoms with Crippen LogP contribution in [0.15, 0.2) is 66.7 Å². The van der Waals surface area contributed by atoms with Gasteiger partial charge in [0.1, 0.15) is 24.7 Å². The Hall–Kier alpha value is -4.27. The van der Waals surface area contributed by atoms with Gasteiger partial charge in [-0.2, -0.15) is 0 Å². The van der Waals surface area contributed by atoms with Gasteiger partial charge >= 0.3 is 0 Å². The lowest BCUT2D eigenvalue weighted by atomic mass is 10.2. The van der Waals surface area contributed by atoms with Gasteiger partial charge in [0.2, 0.25) is 0 Å². The molecule has 0 amide bonds. The van der Waals surface area contributed by atoms with Crippen LogP contribution >= 0.6 is 0 Å². The first kappa shape index (κ1) is 20.5. The van der Waals surface area contributed by atoms with Gasteiger partial charge in [-0.05, 0) is 47.5 Å². The lowest BCUT2D eigenvalue weighted by Gasteiger charge is -2.12. The van der Waals surface area contributed by atoms with Crippen molar-refractivity contribution in [1.29, 1.82) is 0 Å². The summed E-state index contributed by atoms with van der Waals surface area (Å²) in [7, 11) is 0. The van der Waals surface area contributed by atoms with Gasteiger partial charge in [-0.1, -0.05) is 0 Å². The first-order valence-corrected chi connectivity index (χ1v) is 8.78. The molecule has 0 atom stereocenters. The standard InChI is InChI=1S/C21H16N2O7/c24-12-17-5-10-20(29-13-15-1-6-18(7-2-15)22(25)26)11-21(17)30-14-16-3-8-19(9-4-16)23(27)28/h1-12H,13-14H2. The Morgan fingerprint density at radius 2 is 1.23 bits per heavy atom. The predicted molar refractivity (Wildman–Crippen MR) is 107 cm³/mol. The molecule has 152 valence electrons. The van der Waals surface area contributed by atoms with Gasteiger partial charge < -0.3 is 9.47 Å². The molecular formula is C21H16N2O7. The zero-order valence-electron chi connectivity index (χ0n) is 15.6. The van der Waals surface area contributed by atoms with Gasteiger partial charge in [0.05, 0.1) is 15.4 Å². The number of nitro benzene ring substituents is 2. The van der Waals surface area contributed by atoms with Crippen molar-refractivity contribution in [3.05, 3.63) is 104 Å². The summed E-state index contributed by atoms with van der Waals surface area (Å²) in [6, 6.07) is 16.7. The first-order valence-electron chi connectivity index (χ1n) is 8.78. The number of ether oxygens (including phenoxy) is 2. The minimum atomic E-state index is -0.485. The van der Waals surface area contributed by atoms with Crippen LogP contribution in [-0.4, -0.2) is 16.1 Å². The molecule has 30 heavy (non-hydrogen) atoms. The summed E-state index contributed by atoms with van der Waals surface area (Å²) < 4.78 is 11.4. The third-order valence-electron chi connectivity index (χ3n) is 4.21. The minimum Gasteiger partial charge on any atom is -0.489 e. The third-order valence-corrected chi connectivity index (χ3v) is 4.21. The summed E-state index contributed by atoms with van der Waals surface area (Å²) >= 11 is 0. The van der Waals surface area contributed by atoms with Gasteiger partial charge in [0.15, 0.2) is 6.29 Å². The Labute approximate surface area is 170 Å². The third kappa shape index (κ3) is 5.16. The van der Waals surface area contributed by atoms with Crippen LogP contribution in [0.3, 0.4) is 0 Å². The molecule has 0 saturated carbocycles. The Balaban J connectivity index is 1.66. The predicted octanol–water partition coefficient (Wildman–Crippen LogP) is 4.47. The van der Waals surface area contributed by atoms with Crippen molar-refractivity contribution >= 4 is 17.7 Å². The second-order valence-electron chi connectivity index (χ2n) is 6.24. The molecule has 0 saturated heterocycles. The summed E-state index contributed by atoms with van der Waals surface area (Å²) in [5, 5.41) is 21.4. The maximum Gasteiger partial charge on any atom is 0.269 e. The maximum atomic E-state index is 11.3. The molecule has 0 spiro atoms. The number of non-ortho nitro benzene ring substituents is 2. The second-order valence-corrected chi connectivity index (χ2v) is 6.24. The van der Waals surface area contributed by atoms with E-state index in [2.05, 4.69) is 0 Å². The number of hydrogen-bond acceptors (Lipinski definition) is 7. The number of aldehydes is 1. The minimum absolute atomic E-state index is 0.00369. The molecule has 0 fully saturated rings. The highest BCUT2D eigenvalue weighted by molar-refractivity contribution is 5.79. The van der Waals surface area contributed by atoms with Crippen molar-refractivity contribution in [3.8, 4) is 11.5 Å². The monoisotopic (exact) mass is 408 g/mol. The molecule has 0 heterocycles. The summed E-state index contributed by atoms with van der Waals surface area (Å²) in [4.78, 5) is 31.7. The molecule has 0 aliphatic heterocycles. The topological polar surface area (TPSA) is 122 Å². The van der Waals surface area contributed by atoms with Crippen molar-refractivity contribution in [2.24, 2.45) is 0 Å². The molecule has 3 rings (SSSR count). The van der Waals surface area contributed by atoms with Crippen LogP contribution < -0.4 is 9.47 Å². The van der Waals surface area contributed by atoms with Gasteiger partial charge in [-0.25, -0.2) is 0 Å². The second kappa shape index (κ2) is 9.28. The molecule has 9 heteroatoms. The maximum absolute atomic E-state index is 11.3. The van der Waals surface area contributed by atoms with E-state index in [9.17, 15) is 25.0 Å². The van der Waals surface area contributed by atoms with Crippen LogP contribution in [0.1, 0.15) is 21.5 Å².